The van der Waals surface area contributed by atoms with E-state index in [1.165, 1.54) is 6.07 Å². The number of benzene rings is 2. The Morgan fingerprint density at radius 1 is 1.05 bits per heavy atom. The lowest BCUT2D eigenvalue weighted by atomic mass is 9.84. The second kappa shape index (κ2) is 13.1. The SMILES string of the molecule is CC(C)N1CCN(C(=O)N(CCCN)[C@@H](c2nc(-c3cc(F)ccc3F)cn2Cc2ccccc2)C(C)(C)C)CC1. The number of carbonyl (C=O) groups is 1. The lowest BCUT2D eigenvalue weighted by Crippen LogP contribution is -2.56. The topological polar surface area (TPSA) is 70.6 Å². The van der Waals surface area contributed by atoms with Crippen LogP contribution in [0.4, 0.5) is 13.6 Å². The third-order valence-corrected chi connectivity index (χ3v) is 7.75. The van der Waals surface area contributed by atoms with Gasteiger partial charge in [0.2, 0.25) is 0 Å². The number of imidazole rings is 1. The molecular weight excluding hydrogens is 522 g/mol. The van der Waals surface area contributed by atoms with Crippen molar-refractivity contribution >= 4 is 6.03 Å². The Bertz CT molecular complexity index is 1300. The molecule has 41 heavy (non-hydrogen) atoms. The van der Waals surface area contributed by atoms with E-state index in [1.807, 2.05) is 44.7 Å². The number of aromatic nitrogens is 2. The van der Waals surface area contributed by atoms with Crippen molar-refractivity contribution in [1.29, 1.82) is 0 Å². The first-order chi connectivity index (χ1) is 19.5. The second-order valence-corrected chi connectivity index (χ2v) is 12.2. The van der Waals surface area contributed by atoms with Crippen molar-refractivity contribution in [1.82, 2.24) is 24.3 Å². The molecule has 0 aliphatic carbocycles. The summed E-state index contributed by atoms with van der Waals surface area (Å²) in [4.78, 5) is 25.4. The van der Waals surface area contributed by atoms with Crippen molar-refractivity contribution in [3.8, 4) is 11.3 Å². The van der Waals surface area contributed by atoms with Crippen LogP contribution in [0.25, 0.3) is 11.3 Å². The van der Waals surface area contributed by atoms with Crippen molar-refractivity contribution in [2.75, 3.05) is 39.3 Å². The zero-order valence-electron chi connectivity index (χ0n) is 25.0. The summed E-state index contributed by atoms with van der Waals surface area (Å²) in [5, 5.41) is 0. The molecule has 222 valence electrons. The van der Waals surface area contributed by atoms with E-state index in [0.717, 1.165) is 30.8 Å². The van der Waals surface area contributed by atoms with Gasteiger partial charge in [0.05, 0.1) is 11.7 Å². The summed E-state index contributed by atoms with van der Waals surface area (Å²) < 4.78 is 31.1. The molecular formula is C32H44F2N6O. The molecule has 0 radical (unpaired) electrons. The van der Waals surface area contributed by atoms with Gasteiger partial charge in [-0.05, 0) is 56.0 Å². The van der Waals surface area contributed by atoms with E-state index in [2.05, 4.69) is 39.5 Å². The van der Waals surface area contributed by atoms with Gasteiger partial charge >= 0.3 is 6.03 Å². The lowest BCUT2D eigenvalue weighted by molar-refractivity contribution is 0.0620. The van der Waals surface area contributed by atoms with Crippen LogP contribution in [0.2, 0.25) is 0 Å². The quantitative estimate of drug-likeness (QED) is 0.358. The standard InChI is InChI=1S/C32H44F2N6O/c1-23(2)37-16-18-38(19-17-37)31(41)40(15-9-14-35)29(32(3,4)5)30-36-28(26-20-25(33)12-13-27(26)34)22-39(30)21-24-10-7-6-8-11-24/h6-8,10-13,20,22-23,29H,9,14-19,21,35H2,1-5H3/t29-/m0/s1. The Balaban J connectivity index is 1.80. The van der Waals surface area contributed by atoms with Gasteiger partial charge in [-0.1, -0.05) is 51.1 Å². The first kappa shape index (κ1) is 30.7. The minimum atomic E-state index is -0.547. The average molecular weight is 567 g/mol. The molecule has 9 heteroatoms. The predicted molar refractivity (Wildman–Crippen MR) is 159 cm³/mol. The van der Waals surface area contributed by atoms with E-state index in [1.54, 1.807) is 6.20 Å². The van der Waals surface area contributed by atoms with Crippen LogP contribution in [-0.2, 0) is 6.54 Å². The molecule has 0 bridgehead atoms. The largest absolute Gasteiger partial charge is 0.330 e. The van der Waals surface area contributed by atoms with E-state index in [4.69, 9.17) is 10.7 Å². The van der Waals surface area contributed by atoms with Crippen molar-refractivity contribution < 1.29 is 13.6 Å². The van der Waals surface area contributed by atoms with Crippen molar-refractivity contribution in [2.24, 2.45) is 11.1 Å². The minimum absolute atomic E-state index is 0.0467. The Kier molecular flexibility index (Phi) is 9.81. The zero-order chi connectivity index (χ0) is 29.7. The molecule has 1 atom stereocenters. The van der Waals surface area contributed by atoms with E-state index in [-0.39, 0.29) is 11.6 Å². The van der Waals surface area contributed by atoms with Gasteiger partial charge in [-0.25, -0.2) is 18.6 Å². The Hall–Kier alpha value is -3.30. The smallest absolute Gasteiger partial charge is 0.320 e. The highest BCUT2D eigenvalue weighted by Crippen LogP contribution is 2.40. The summed E-state index contributed by atoms with van der Waals surface area (Å²) >= 11 is 0. The molecule has 0 spiro atoms. The van der Waals surface area contributed by atoms with Crippen LogP contribution < -0.4 is 5.73 Å². The average Bonchev–Trinajstić information content (AvgIpc) is 3.34. The minimum Gasteiger partial charge on any atom is -0.330 e. The summed E-state index contributed by atoms with van der Waals surface area (Å²) in [6.07, 6.45) is 2.40. The molecule has 7 nitrogen and oxygen atoms in total. The summed E-state index contributed by atoms with van der Waals surface area (Å²) in [5.74, 6) is -0.451. The van der Waals surface area contributed by atoms with Crippen LogP contribution in [0.15, 0.2) is 54.7 Å². The van der Waals surface area contributed by atoms with Crippen molar-refractivity contribution in [3.63, 3.8) is 0 Å². The molecule has 0 saturated carbocycles. The number of piperazine rings is 1. The molecule has 1 aromatic heterocycles. The van der Waals surface area contributed by atoms with E-state index < -0.39 is 23.1 Å². The van der Waals surface area contributed by atoms with Crippen LogP contribution in [0.1, 0.15) is 58.5 Å². The van der Waals surface area contributed by atoms with Crippen LogP contribution in [0.5, 0.6) is 0 Å². The van der Waals surface area contributed by atoms with Crippen molar-refractivity contribution in [3.05, 3.63) is 77.8 Å². The normalized spacial score (nSPS) is 15.4. The van der Waals surface area contributed by atoms with E-state index in [9.17, 15) is 13.6 Å². The molecule has 1 fully saturated rings. The van der Waals surface area contributed by atoms with Crippen LogP contribution in [0, 0.1) is 17.0 Å². The highest BCUT2D eigenvalue weighted by Gasteiger charge is 2.40. The maximum Gasteiger partial charge on any atom is 0.320 e. The van der Waals surface area contributed by atoms with Gasteiger partial charge in [0.15, 0.2) is 0 Å². The van der Waals surface area contributed by atoms with Crippen LogP contribution in [0.3, 0.4) is 0 Å². The monoisotopic (exact) mass is 566 g/mol. The first-order valence-corrected chi connectivity index (χ1v) is 14.6. The number of nitrogens with two attached hydrogens (primary N) is 1. The van der Waals surface area contributed by atoms with Gasteiger partial charge in [0, 0.05) is 57.1 Å². The molecule has 2 N–H and O–H groups in total. The summed E-state index contributed by atoms with van der Waals surface area (Å²) in [6, 6.07) is 13.3. The molecule has 4 rings (SSSR count). The number of hydrogen-bond donors (Lipinski definition) is 1. The fourth-order valence-electron chi connectivity index (χ4n) is 5.58. The number of nitrogens with zero attached hydrogens (tertiary/aromatic N) is 5. The number of hydrogen-bond acceptors (Lipinski definition) is 4. The molecule has 3 aromatic rings. The van der Waals surface area contributed by atoms with Gasteiger partial charge in [-0.2, -0.15) is 0 Å². The third-order valence-electron chi connectivity index (χ3n) is 7.75. The van der Waals surface area contributed by atoms with Gasteiger partial charge in [-0.15, -0.1) is 0 Å². The number of carbonyl (C=O) groups excluding carboxylic acids is 1. The van der Waals surface area contributed by atoms with Gasteiger partial charge in [0.25, 0.3) is 0 Å². The van der Waals surface area contributed by atoms with Gasteiger partial charge in [0.1, 0.15) is 17.5 Å². The van der Waals surface area contributed by atoms with Gasteiger partial charge in [-0.3, -0.25) is 4.90 Å². The number of halogens is 2. The number of urea groups is 1. The van der Waals surface area contributed by atoms with E-state index >= 15 is 0 Å². The predicted octanol–water partition coefficient (Wildman–Crippen LogP) is 5.76. The Labute approximate surface area is 242 Å². The summed E-state index contributed by atoms with van der Waals surface area (Å²) in [6.45, 7) is 14.9. The fourth-order valence-corrected chi connectivity index (χ4v) is 5.58. The zero-order valence-corrected chi connectivity index (χ0v) is 25.0. The maximum atomic E-state index is 14.9. The van der Waals surface area contributed by atoms with Gasteiger partial charge < -0.3 is 20.1 Å². The van der Waals surface area contributed by atoms with Crippen LogP contribution in [-0.4, -0.2) is 75.6 Å². The Morgan fingerprint density at radius 2 is 1.73 bits per heavy atom. The van der Waals surface area contributed by atoms with Crippen LogP contribution >= 0.6 is 0 Å². The third kappa shape index (κ3) is 7.32. The molecule has 1 saturated heterocycles. The highest BCUT2D eigenvalue weighted by atomic mass is 19.1. The lowest BCUT2D eigenvalue weighted by Gasteiger charge is -2.44. The molecule has 2 amide bonds. The van der Waals surface area contributed by atoms with Crippen molar-refractivity contribution in [2.45, 2.75) is 59.7 Å². The fraction of sp³-hybridized carbons (Fsp3) is 0.500. The first-order valence-electron chi connectivity index (χ1n) is 14.6. The Morgan fingerprint density at radius 3 is 2.34 bits per heavy atom. The molecule has 0 unspecified atom stereocenters. The molecule has 1 aliphatic heterocycles. The molecule has 2 heterocycles. The highest BCUT2D eigenvalue weighted by molar-refractivity contribution is 5.75. The number of rotatable bonds is 9. The molecule has 1 aliphatic rings. The summed E-state index contributed by atoms with van der Waals surface area (Å²) in [5.41, 5.74) is 6.97. The summed E-state index contributed by atoms with van der Waals surface area (Å²) in [7, 11) is 0. The maximum absolute atomic E-state index is 14.9. The number of amides is 2. The second-order valence-electron chi connectivity index (χ2n) is 12.2. The van der Waals surface area contributed by atoms with E-state index in [0.29, 0.717) is 56.7 Å². The molecule has 2 aromatic carbocycles.